The summed E-state index contributed by atoms with van der Waals surface area (Å²) in [6, 6.07) is 4.46. The molecule has 2 heterocycles. The minimum atomic E-state index is -0.909. The van der Waals surface area contributed by atoms with Crippen molar-refractivity contribution in [3.05, 3.63) is 23.3 Å². The Morgan fingerprint density at radius 3 is 2.59 bits per heavy atom. The van der Waals surface area contributed by atoms with Gasteiger partial charge in [0.1, 0.15) is 11.7 Å². The van der Waals surface area contributed by atoms with Crippen molar-refractivity contribution in [2.45, 2.75) is 101 Å². The van der Waals surface area contributed by atoms with Crippen LogP contribution in [0.3, 0.4) is 0 Å². The molecule has 0 aromatic heterocycles. The van der Waals surface area contributed by atoms with Gasteiger partial charge in [-0.1, -0.05) is 26.8 Å². The van der Waals surface area contributed by atoms with E-state index in [1.54, 1.807) is 0 Å². The Bertz CT molecular complexity index is 1060. The molecule has 4 saturated carbocycles. The number of nitrogens with zero attached hydrogens (tertiary/aromatic N) is 1. The second-order valence-electron chi connectivity index (χ2n) is 13.8. The van der Waals surface area contributed by atoms with E-state index in [0.717, 1.165) is 44.6 Å². The third-order valence-electron chi connectivity index (χ3n) is 11.9. The summed E-state index contributed by atoms with van der Waals surface area (Å²) in [6.45, 7) is 10.8. The predicted octanol–water partition coefficient (Wildman–Crippen LogP) is 4.41. The average Bonchev–Trinajstić information content (AvgIpc) is 3.53. The summed E-state index contributed by atoms with van der Waals surface area (Å²) in [6.07, 6.45) is 7.64. The molecule has 0 radical (unpaired) electrons. The maximum Gasteiger partial charge on any atom is 0.165 e. The van der Waals surface area contributed by atoms with E-state index in [1.807, 2.05) is 20.1 Å². The highest BCUT2D eigenvalue weighted by Gasteiger charge is 2.82. The van der Waals surface area contributed by atoms with Gasteiger partial charge in [-0.25, -0.2) is 0 Å². The molecule has 2 N–H and O–H groups in total. The van der Waals surface area contributed by atoms with Crippen LogP contribution in [0.4, 0.5) is 0 Å². The molecule has 5 heteroatoms. The van der Waals surface area contributed by atoms with Crippen LogP contribution in [0.5, 0.6) is 11.5 Å². The number of hydrogen-bond acceptors (Lipinski definition) is 5. The fourth-order valence-corrected chi connectivity index (χ4v) is 9.58. The van der Waals surface area contributed by atoms with Crippen molar-refractivity contribution in [3.63, 3.8) is 0 Å². The molecule has 34 heavy (non-hydrogen) atoms. The number of likely N-dealkylation sites (tertiary alicyclic amines) is 1. The van der Waals surface area contributed by atoms with Crippen LogP contribution in [0.2, 0.25) is 0 Å². The zero-order valence-electron chi connectivity index (χ0n) is 21.5. The highest BCUT2D eigenvalue weighted by molar-refractivity contribution is 5.63. The van der Waals surface area contributed by atoms with Crippen LogP contribution in [0, 0.1) is 22.7 Å². The van der Waals surface area contributed by atoms with E-state index >= 15 is 0 Å². The quantitative estimate of drug-likeness (QED) is 0.687. The van der Waals surface area contributed by atoms with Crippen molar-refractivity contribution in [3.8, 4) is 11.5 Å². The van der Waals surface area contributed by atoms with E-state index in [1.165, 1.54) is 30.5 Å². The summed E-state index contributed by atoms with van der Waals surface area (Å²) < 4.78 is 13.5. The lowest BCUT2D eigenvalue weighted by molar-refractivity contribution is -0.312. The number of fused-ring (bicyclic) bond motifs is 2. The molecule has 5 fully saturated rings. The van der Waals surface area contributed by atoms with Gasteiger partial charge in [0, 0.05) is 42.0 Å². The fraction of sp³-hybridized carbons (Fsp3) is 0.793. The van der Waals surface area contributed by atoms with Gasteiger partial charge in [-0.3, -0.25) is 4.90 Å². The van der Waals surface area contributed by atoms with E-state index in [4.69, 9.17) is 9.47 Å². The van der Waals surface area contributed by atoms with Gasteiger partial charge in [-0.05, 0) is 81.4 Å². The Balaban J connectivity index is 1.47. The van der Waals surface area contributed by atoms with Crippen LogP contribution in [-0.4, -0.2) is 58.7 Å². The molecule has 1 saturated heterocycles. The Kier molecular flexibility index (Phi) is 4.08. The minimum absolute atomic E-state index is 0.0294. The largest absolute Gasteiger partial charge is 0.504 e. The summed E-state index contributed by atoms with van der Waals surface area (Å²) in [5.74, 6) is 1.80. The van der Waals surface area contributed by atoms with Crippen LogP contribution >= 0.6 is 0 Å². The maximum absolute atomic E-state index is 12.2. The van der Waals surface area contributed by atoms with Crippen molar-refractivity contribution >= 4 is 0 Å². The molecule has 5 nitrogen and oxygen atoms in total. The SMILES string of the molecule is COC12CC[C@@]3(CC1C(C)(O)C(C)(C)C)[C@H]1Cc4ccc(O)c5c4[C@@]3(CCN1CC1CC1)[C@H]2O5. The van der Waals surface area contributed by atoms with Crippen molar-refractivity contribution in [2.75, 3.05) is 20.2 Å². The number of ether oxygens (including phenoxy) is 2. The van der Waals surface area contributed by atoms with Gasteiger partial charge < -0.3 is 19.7 Å². The second-order valence-corrected chi connectivity index (χ2v) is 13.8. The number of aliphatic hydroxyl groups is 1. The molecule has 2 spiro atoms. The van der Waals surface area contributed by atoms with Crippen molar-refractivity contribution in [1.29, 1.82) is 0 Å². The molecular weight excluding hydrogens is 426 g/mol. The smallest absolute Gasteiger partial charge is 0.165 e. The standard InChI is InChI=1S/C29H41NO4/c1-25(2,3)26(4,32)20-15-27-10-11-29(20,33-5)24-28(27)12-13-30(16-17-6-7-17)21(27)14-18-8-9-19(31)23(34-24)22(18)28/h8-9,17,20-21,24,31-32H,6-7,10-16H2,1-5H3/t20?,21-,24-,26?,27-,28+,29?/m1/s1. The summed E-state index contributed by atoms with van der Waals surface area (Å²) in [4.78, 5) is 2.82. The Morgan fingerprint density at radius 1 is 1.15 bits per heavy atom. The van der Waals surface area contributed by atoms with Crippen molar-refractivity contribution < 1.29 is 19.7 Å². The molecule has 0 amide bonds. The minimum Gasteiger partial charge on any atom is -0.504 e. The molecule has 5 aliphatic carbocycles. The van der Waals surface area contributed by atoms with Gasteiger partial charge in [-0.15, -0.1) is 0 Å². The zero-order valence-corrected chi connectivity index (χ0v) is 21.5. The van der Waals surface area contributed by atoms with Crippen molar-refractivity contribution in [1.82, 2.24) is 4.90 Å². The van der Waals surface area contributed by atoms with E-state index < -0.39 is 11.2 Å². The number of hydrogen-bond donors (Lipinski definition) is 2. The number of phenolic OH excluding ortho intramolecular Hbond substituents is 1. The predicted molar refractivity (Wildman–Crippen MR) is 130 cm³/mol. The lowest BCUT2D eigenvalue weighted by atomic mass is 9.33. The summed E-state index contributed by atoms with van der Waals surface area (Å²) in [5, 5.41) is 23.2. The van der Waals surface area contributed by atoms with Crippen LogP contribution in [0.15, 0.2) is 12.1 Å². The third-order valence-corrected chi connectivity index (χ3v) is 11.9. The number of piperidine rings is 1. The Hall–Kier alpha value is -1.30. The average molecular weight is 468 g/mol. The van der Waals surface area contributed by atoms with E-state index in [9.17, 15) is 10.2 Å². The summed E-state index contributed by atoms with van der Waals surface area (Å²) in [5.41, 5.74) is 0.783. The van der Waals surface area contributed by atoms with E-state index in [-0.39, 0.29) is 34.0 Å². The molecule has 2 aliphatic heterocycles. The van der Waals surface area contributed by atoms with Gasteiger partial charge in [0.25, 0.3) is 0 Å². The Labute approximate surface area is 203 Å². The molecular formula is C29H41NO4. The van der Waals surface area contributed by atoms with E-state index in [2.05, 4.69) is 31.7 Å². The van der Waals surface area contributed by atoms with Crippen LogP contribution in [-0.2, 0) is 16.6 Å². The number of phenols is 1. The van der Waals surface area contributed by atoms with Gasteiger partial charge in [0.2, 0.25) is 0 Å². The van der Waals surface area contributed by atoms with Crippen molar-refractivity contribution in [2.24, 2.45) is 22.7 Å². The fourth-order valence-electron chi connectivity index (χ4n) is 9.58. The van der Waals surface area contributed by atoms with E-state index in [0.29, 0.717) is 11.8 Å². The Morgan fingerprint density at radius 2 is 1.91 bits per heavy atom. The number of rotatable bonds is 4. The highest BCUT2D eigenvalue weighted by atomic mass is 16.6. The van der Waals surface area contributed by atoms with Crippen LogP contribution in [0.1, 0.15) is 77.3 Å². The first-order valence-electron chi connectivity index (χ1n) is 13.6. The lowest BCUT2D eigenvalue weighted by Crippen LogP contribution is -2.83. The normalized spacial score (nSPS) is 43.9. The second kappa shape index (κ2) is 6.33. The number of benzene rings is 1. The van der Waals surface area contributed by atoms with Gasteiger partial charge in [-0.2, -0.15) is 0 Å². The molecule has 4 bridgehead atoms. The summed E-state index contributed by atoms with van der Waals surface area (Å²) in [7, 11) is 1.83. The number of methoxy groups -OCH3 is 1. The highest BCUT2D eigenvalue weighted by Crippen LogP contribution is 2.78. The van der Waals surface area contributed by atoms with Crippen LogP contribution in [0.25, 0.3) is 0 Å². The van der Waals surface area contributed by atoms with Gasteiger partial charge in [0.05, 0.1) is 5.60 Å². The molecule has 7 atom stereocenters. The van der Waals surface area contributed by atoms with Gasteiger partial charge in [0.15, 0.2) is 11.5 Å². The maximum atomic E-state index is 12.2. The molecule has 1 aromatic carbocycles. The molecule has 3 unspecified atom stereocenters. The molecule has 8 rings (SSSR count). The first-order valence-corrected chi connectivity index (χ1v) is 13.6. The molecule has 7 aliphatic rings. The zero-order chi connectivity index (χ0) is 23.9. The molecule has 1 aromatic rings. The first kappa shape index (κ1) is 21.9. The van der Waals surface area contributed by atoms with Gasteiger partial charge >= 0.3 is 0 Å². The number of aromatic hydroxyl groups is 1. The molecule has 186 valence electrons. The van der Waals surface area contributed by atoms with Crippen LogP contribution < -0.4 is 4.74 Å². The monoisotopic (exact) mass is 467 g/mol. The topological polar surface area (TPSA) is 62.2 Å². The summed E-state index contributed by atoms with van der Waals surface area (Å²) >= 11 is 0. The lowest BCUT2D eigenvalue weighted by Gasteiger charge is -2.75. The third kappa shape index (κ3) is 2.25. The first-order chi connectivity index (χ1) is 16.0.